The van der Waals surface area contributed by atoms with Gasteiger partial charge in [0, 0.05) is 19.2 Å². The van der Waals surface area contributed by atoms with Crippen LogP contribution in [0.1, 0.15) is 23.3 Å². The van der Waals surface area contributed by atoms with Gasteiger partial charge in [-0.2, -0.15) is 9.40 Å². The number of para-hydroxylation sites is 1. The zero-order valence-electron chi connectivity index (χ0n) is 18.1. The van der Waals surface area contributed by atoms with Crippen LogP contribution < -0.4 is 5.32 Å². The lowest BCUT2D eigenvalue weighted by Gasteiger charge is -2.17. The number of benzene rings is 2. The molecule has 1 aliphatic rings. The summed E-state index contributed by atoms with van der Waals surface area (Å²) < 4.78 is 34.2. The molecule has 0 unspecified atom stereocenters. The number of nitrogens with zero attached hydrogens (tertiary/aromatic N) is 3. The van der Waals surface area contributed by atoms with E-state index in [9.17, 15) is 18.3 Å². The Morgan fingerprint density at radius 3 is 2.47 bits per heavy atom. The molecule has 1 aliphatic heterocycles. The van der Waals surface area contributed by atoms with Gasteiger partial charge in [-0.15, -0.1) is 0 Å². The quantitative estimate of drug-likeness (QED) is 0.406. The first-order valence-corrected chi connectivity index (χ1v) is 12.2. The Hall–Kier alpha value is -3.89. The summed E-state index contributed by atoms with van der Waals surface area (Å²) in [7, 11) is -3.71. The molecule has 34 heavy (non-hydrogen) atoms. The molecule has 2 N–H and O–H groups in total. The predicted molar refractivity (Wildman–Crippen MR) is 125 cm³/mol. The average molecular weight is 479 g/mol. The molecule has 10 heteroatoms. The van der Waals surface area contributed by atoms with Gasteiger partial charge in [0.1, 0.15) is 17.1 Å². The van der Waals surface area contributed by atoms with Crippen LogP contribution in [0.3, 0.4) is 0 Å². The van der Waals surface area contributed by atoms with Gasteiger partial charge in [-0.1, -0.05) is 18.2 Å². The van der Waals surface area contributed by atoms with Crippen LogP contribution in [-0.2, 0) is 10.0 Å². The number of carbonyl (C=O) groups excluding carboxylic acids is 1. The van der Waals surface area contributed by atoms with Gasteiger partial charge in [0.15, 0.2) is 5.76 Å². The number of phenols is 1. The van der Waals surface area contributed by atoms with E-state index in [1.165, 1.54) is 33.4 Å². The number of aromatic hydroxyl groups is 1. The van der Waals surface area contributed by atoms with Gasteiger partial charge >= 0.3 is 0 Å². The van der Waals surface area contributed by atoms with Crippen LogP contribution in [0.5, 0.6) is 5.75 Å². The van der Waals surface area contributed by atoms with Crippen molar-refractivity contribution in [1.29, 1.82) is 0 Å². The van der Waals surface area contributed by atoms with Crippen LogP contribution in [-0.4, -0.2) is 46.6 Å². The van der Waals surface area contributed by atoms with E-state index in [2.05, 4.69) is 10.4 Å². The van der Waals surface area contributed by atoms with E-state index in [1.54, 1.807) is 30.3 Å². The molecule has 1 amide bonds. The van der Waals surface area contributed by atoms with E-state index in [0.717, 1.165) is 12.8 Å². The zero-order chi connectivity index (χ0) is 23.7. The molecule has 2 aromatic heterocycles. The SMILES string of the molecule is O=C(Nc1cc(S(=O)(=O)N2CCCC2)ccc1O)c1cc(-c2ccco2)nn1-c1ccccc1. The Kier molecular flexibility index (Phi) is 5.68. The summed E-state index contributed by atoms with van der Waals surface area (Å²) in [5, 5.41) is 17.5. The van der Waals surface area contributed by atoms with E-state index in [4.69, 9.17) is 4.42 Å². The first kappa shape index (κ1) is 21.9. The number of aromatic nitrogens is 2. The third kappa shape index (κ3) is 4.09. The molecular formula is C24H22N4O5S. The Labute approximate surface area is 196 Å². The van der Waals surface area contributed by atoms with Crippen molar-refractivity contribution in [2.75, 3.05) is 18.4 Å². The molecule has 4 aromatic rings. The molecule has 0 saturated carbocycles. The van der Waals surface area contributed by atoms with Crippen LogP contribution >= 0.6 is 0 Å². The number of nitrogens with one attached hydrogen (secondary N) is 1. The second-order valence-electron chi connectivity index (χ2n) is 7.88. The second kappa shape index (κ2) is 8.81. The first-order valence-electron chi connectivity index (χ1n) is 10.8. The van der Waals surface area contributed by atoms with Crippen molar-refractivity contribution < 1.29 is 22.7 Å². The molecule has 5 rings (SSSR count). The minimum absolute atomic E-state index is 0.00867. The standard InChI is InChI=1S/C24H22N4O5S/c29-22-11-10-18(34(31,32)27-12-4-5-13-27)15-19(22)25-24(30)21-16-20(23-9-6-14-33-23)26-28(21)17-7-2-1-3-8-17/h1-3,6-11,14-16,29H,4-5,12-13H2,(H,25,30). The van der Waals surface area contributed by atoms with Gasteiger partial charge in [0.2, 0.25) is 10.0 Å². The van der Waals surface area contributed by atoms with Crippen LogP contribution in [0.2, 0.25) is 0 Å². The summed E-state index contributed by atoms with van der Waals surface area (Å²) in [5.74, 6) is -0.323. The summed E-state index contributed by atoms with van der Waals surface area (Å²) >= 11 is 0. The second-order valence-corrected chi connectivity index (χ2v) is 9.82. The van der Waals surface area contributed by atoms with Crippen molar-refractivity contribution >= 4 is 21.6 Å². The van der Waals surface area contributed by atoms with Crippen LogP contribution in [0.25, 0.3) is 17.1 Å². The van der Waals surface area contributed by atoms with Gasteiger partial charge in [-0.05, 0) is 55.3 Å². The van der Waals surface area contributed by atoms with Gasteiger partial charge in [-0.3, -0.25) is 4.79 Å². The smallest absolute Gasteiger partial charge is 0.274 e. The van der Waals surface area contributed by atoms with E-state index in [-0.39, 0.29) is 22.0 Å². The van der Waals surface area contributed by atoms with Crippen molar-refractivity contribution in [3.05, 3.63) is 78.7 Å². The van der Waals surface area contributed by atoms with Gasteiger partial charge < -0.3 is 14.8 Å². The lowest BCUT2D eigenvalue weighted by Crippen LogP contribution is -2.28. The van der Waals surface area contributed by atoms with Gasteiger partial charge in [-0.25, -0.2) is 13.1 Å². The van der Waals surface area contributed by atoms with Crippen molar-refractivity contribution in [2.45, 2.75) is 17.7 Å². The summed E-state index contributed by atoms with van der Waals surface area (Å²) in [6.45, 7) is 0.910. The predicted octanol–water partition coefficient (Wildman–Crippen LogP) is 3.87. The van der Waals surface area contributed by atoms with Gasteiger partial charge in [0.05, 0.1) is 22.5 Å². The summed E-state index contributed by atoms with van der Waals surface area (Å²) in [6, 6.07) is 18.0. The number of carbonyl (C=O) groups is 1. The highest BCUT2D eigenvalue weighted by atomic mass is 32.2. The normalized spacial score (nSPS) is 14.4. The van der Waals surface area contributed by atoms with Crippen molar-refractivity contribution in [1.82, 2.24) is 14.1 Å². The maximum absolute atomic E-state index is 13.3. The molecule has 2 aromatic carbocycles. The number of rotatable bonds is 6. The third-order valence-electron chi connectivity index (χ3n) is 5.64. The number of sulfonamides is 1. The molecule has 3 heterocycles. The molecule has 0 spiro atoms. The van der Waals surface area contributed by atoms with Crippen molar-refractivity contribution in [3.63, 3.8) is 0 Å². The van der Waals surface area contributed by atoms with Crippen LogP contribution in [0, 0.1) is 0 Å². The average Bonchev–Trinajstić information content (AvgIpc) is 3.62. The number of hydrogen-bond donors (Lipinski definition) is 2. The molecule has 0 radical (unpaired) electrons. The zero-order valence-corrected chi connectivity index (χ0v) is 18.9. The van der Waals surface area contributed by atoms with Gasteiger partial charge in [0.25, 0.3) is 5.91 Å². The van der Waals surface area contributed by atoms with Crippen molar-refractivity contribution in [3.8, 4) is 22.9 Å². The van der Waals surface area contributed by atoms with E-state index >= 15 is 0 Å². The highest BCUT2D eigenvalue weighted by molar-refractivity contribution is 7.89. The summed E-state index contributed by atoms with van der Waals surface area (Å²) in [5.41, 5.74) is 1.28. The topological polar surface area (TPSA) is 118 Å². The minimum Gasteiger partial charge on any atom is -0.506 e. The van der Waals surface area contributed by atoms with E-state index < -0.39 is 15.9 Å². The van der Waals surface area contributed by atoms with Crippen LogP contribution in [0.15, 0.2) is 82.3 Å². The fraction of sp³-hybridized carbons (Fsp3) is 0.167. The maximum atomic E-state index is 13.3. The molecule has 1 saturated heterocycles. The van der Waals surface area contributed by atoms with Crippen molar-refractivity contribution in [2.24, 2.45) is 0 Å². The number of amides is 1. The molecule has 0 atom stereocenters. The molecule has 0 bridgehead atoms. The Bertz CT molecular complexity index is 1420. The monoisotopic (exact) mass is 478 g/mol. The largest absolute Gasteiger partial charge is 0.506 e. The fourth-order valence-electron chi connectivity index (χ4n) is 3.89. The van der Waals surface area contributed by atoms with E-state index in [0.29, 0.717) is 30.2 Å². The minimum atomic E-state index is -3.71. The maximum Gasteiger partial charge on any atom is 0.274 e. The summed E-state index contributed by atoms with van der Waals surface area (Å²) in [6.07, 6.45) is 3.13. The number of anilines is 1. The first-order chi connectivity index (χ1) is 16.4. The highest BCUT2D eigenvalue weighted by Crippen LogP contribution is 2.30. The Morgan fingerprint density at radius 1 is 1.00 bits per heavy atom. The number of phenolic OH excluding ortho intramolecular Hbond substituents is 1. The number of furan rings is 1. The fourth-order valence-corrected chi connectivity index (χ4v) is 5.44. The third-order valence-corrected chi connectivity index (χ3v) is 7.53. The molecule has 174 valence electrons. The van der Waals surface area contributed by atoms with E-state index in [1.807, 2.05) is 18.2 Å². The summed E-state index contributed by atoms with van der Waals surface area (Å²) in [4.78, 5) is 13.3. The van der Waals surface area contributed by atoms with Crippen LogP contribution in [0.4, 0.5) is 5.69 Å². The lowest BCUT2D eigenvalue weighted by atomic mass is 10.2. The highest BCUT2D eigenvalue weighted by Gasteiger charge is 2.28. The molecule has 1 fully saturated rings. The Balaban J connectivity index is 1.50. The number of hydrogen-bond acceptors (Lipinski definition) is 6. The lowest BCUT2D eigenvalue weighted by molar-refractivity contribution is 0.101. The Morgan fingerprint density at radius 2 is 1.76 bits per heavy atom. The molecule has 9 nitrogen and oxygen atoms in total. The molecular weight excluding hydrogens is 456 g/mol. The molecule has 0 aliphatic carbocycles.